The molecule has 1 aliphatic rings. The Hall–Kier alpha value is -1.84. The quantitative estimate of drug-likeness (QED) is 0.564. The number of benzene rings is 1. The van der Waals surface area contributed by atoms with E-state index in [4.69, 9.17) is 0 Å². The standard InChI is InChI=1S/C16H22N2O2/c1-2-3-4-5-6-7-10-17-12-8-9-13-14(11-12)16(20)18-15(13)19/h8-9,11,17H,2-7,10H2,1H3,(H,18,19,20). The lowest BCUT2D eigenvalue weighted by molar-refractivity contribution is 0.0879. The third-order valence-electron chi connectivity index (χ3n) is 3.60. The van der Waals surface area contributed by atoms with Gasteiger partial charge < -0.3 is 5.32 Å². The van der Waals surface area contributed by atoms with Crippen LogP contribution in [0.1, 0.15) is 66.2 Å². The number of fused-ring (bicyclic) bond motifs is 1. The van der Waals surface area contributed by atoms with Crippen molar-refractivity contribution in [2.75, 3.05) is 11.9 Å². The first-order valence-corrected chi connectivity index (χ1v) is 7.46. The van der Waals surface area contributed by atoms with Gasteiger partial charge in [-0.1, -0.05) is 39.0 Å². The highest BCUT2D eigenvalue weighted by Crippen LogP contribution is 2.20. The van der Waals surface area contributed by atoms with Gasteiger partial charge in [-0.2, -0.15) is 0 Å². The van der Waals surface area contributed by atoms with E-state index < -0.39 is 0 Å². The molecule has 0 aromatic heterocycles. The Kier molecular flexibility index (Phi) is 5.16. The van der Waals surface area contributed by atoms with Gasteiger partial charge in [0.15, 0.2) is 0 Å². The smallest absolute Gasteiger partial charge is 0.259 e. The van der Waals surface area contributed by atoms with Crippen LogP contribution in [0.4, 0.5) is 5.69 Å². The van der Waals surface area contributed by atoms with Crippen molar-refractivity contribution in [1.82, 2.24) is 5.32 Å². The van der Waals surface area contributed by atoms with E-state index in [2.05, 4.69) is 17.6 Å². The maximum atomic E-state index is 11.5. The van der Waals surface area contributed by atoms with E-state index >= 15 is 0 Å². The van der Waals surface area contributed by atoms with Crippen LogP contribution in [0.25, 0.3) is 0 Å². The van der Waals surface area contributed by atoms with Crippen LogP contribution >= 0.6 is 0 Å². The number of unbranched alkanes of at least 4 members (excludes halogenated alkanes) is 5. The van der Waals surface area contributed by atoms with E-state index in [1.54, 1.807) is 12.1 Å². The number of carbonyl (C=O) groups excluding carboxylic acids is 2. The van der Waals surface area contributed by atoms with Gasteiger partial charge in [-0.15, -0.1) is 0 Å². The molecule has 0 atom stereocenters. The lowest BCUT2D eigenvalue weighted by Crippen LogP contribution is -2.19. The highest BCUT2D eigenvalue weighted by Gasteiger charge is 2.26. The fourth-order valence-corrected chi connectivity index (χ4v) is 2.42. The summed E-state index contributed by atoms with van der Waals surface area (Å²) in [7, 11) is 0. The van der Waals surface area contributed by atoms with E-state index in [0.29, 0.717) is 11.1 Å². The molecule has 0 saturated carbocycles. The molecule has 0 fully saturated rings. The van der Waals surface area contributed by atoms with Crippen molar-refractivity contribution in [3.05, 3.63) is 29.3 Å². The van der Waals surface area contributed by atoms with Crippen LogP contribution in [0.15, 0.2) is 18.2 Å². The number of rotatable bonds is 8. The summed E-state index contributed by atoms with van der Waals surface area (Å²) >= 11 is 0. The molecule has 0 radical (unpaired) electrons. The van der Waals surface area contributed by atoms with Gasteiger partial charge in [-0.3, -0.25) is 14.9 Å². The van der Waals surface area contributed by atoms with Crippen LogP contribution in [0, 0.1) is 0 Å². The number of amides is 2. The van der Waals surface area contributed by atoms with Gasteiger partial charge in [0, 0.05) is 12.2 Å². The van der Waals surface area contributed by atoms with Gasteiger partial charge >= 0.3 is 0 Å². The maximum Gasteiger partial charge on any atom is 0.259 e. The SMILES string of the molecule is CCCCCCCCNc1ccc2c(c1)C(=O)NC2=O. The van der Waals surface area contributed by atoms with Crippen LogP contribution in [-0.2, 0) is 0 Å². The summed E-state index contributed by atoms with van der Waals surface area (Å²) in [6.45, 7) is 3.12. The third-order valence-corrected chi connectivity index (χ3v) is 3.60. The lowest BCUT2D eigenvalue weighted by atomic mass is 10.1. The minimum absolute atomic E-state index is 0.298. The van der Waals surface area contributed by atoms with Crippen molar-refractivity contribution in [2.45, 2.75) is 45.4 Å². The summed E-state index contributed by atoms with van der Waals surface area (Å²) in [6.07, 6.45) is 7.56. The topological polar surface area (TPSA) is 58.2 Å². The first-order valence-electron chi connectivity index (χ1n) is 7.46. The van der Waals surface area contributed by atoms with Gasteiger partial charge in [0.25, 0.3) is 11.8 Å². The van der Waals surface area contributed by atoms with Crippen LogP contribution in [0.5, 0.6) is 0 Å². The van der Waals surface area contributed by atoms with Gasteiger partial charge in [0.2, 0.25) is 0 Å². The molecule has 0 saturated heterocycles. The third kappa shape index (κ3) is 3.59. The molecule has 2 N–H and O–H groups in total. The second-order valence-electron chi connectivity index (χ2n) is 5.24. The van der Waals surface area contributed by atoms with Crippen molar-refractivity contribution in [3.8, 4) is 0 Å². The fourth-order valence-electron chi connectivity index (χ4n) is 2.42. The monoisotopic (exact) mass is 274 g/mol. The number of imide groups is 1. The average molecular weight is 274 g/mol. The summed E-state index contributed by atoms with van der Waals surface area (Å²) in [6, 6.07) is 5.32. The van der Waals surface area contributed by atoms with Crippen LogP contribution in [-0.4, -0.2) is 18.4 Å². The first-order chi connectivity index (χ1) is 9.72. The van der Waals surface area contributed by atoms with E-state index in [9.17, 15) is 9.59 Å². The second kappa shape index (κ2) is 7.08. The van der Waals surface area contributed by atoms with Gasteiger partial charge in [0.1, 0.15) is 0 Å². The number of anilines is 1. The van der Waals surface area contributed by atoms with E-state index in [0.717, 1.165) is 18.7 Å². The maximum absolute atomic E-state index is 11.5. The van der Waals surface area contributed by atoms with Gasteiger partial charge in [-0.05, 0) is 24.6 Å². The van der Waals surface area contributed by atoms with Gasteiger partial charge in [0.05, 0.1) is 11.1 Å². The molecule has 0 bridgehead atoms. The van der Waals surface area contributed by atoms with Crippen molar-refractivity contribution in [3.63, 3.8) is 0 Å². The minimum Gasteiger partial charge on any atom is -0.385 e. The highest BCUT2D eigenvalue weighted by atomic mass is 16.2. The van der Waals surface area contributed by atoms with Crippen molar-refractivity contribution >= 4 is 17.5 Å². The zero-order valence-corrected chi connectivity index (χ0v) is 12.0. The molecule has 20 heavy (non-hydrogen) atoms. The molecule has 1 aromatic carbocycles. The zero-order chi connectivity index (χ0) is 14.4. The summed E-state index contributed by atoms with van der Waals surface area (Å²) in [4.78, 5) is 23.0. The number of nitrogens with one attached hydrogen (secondary N) is 2. The average Bonchev–Trinajstić information content (AvgIpc) is 2.73. The Balaban J connectivity index is 1.76. The molecule has 2 amide bonds. The Morgan fingerprint density at radius 3 is 2.45 bits per heavy atom. The number of hydrogen-bond donors (Lipinski definition) is 2. The minimum atomic E-state index is -0.299. The summed E-state index contributed by atoms with van der Waals surface area (Å²) in [5.74, 6) is -0.597. The molecule has 1 heterocycles. The zero-order valence-electron chi connectivity index (χ0n) is 12.0. The lowest BCUT2D eigenvalue weighted by Gasteiger charge is -2.07. The van der Waals surface area contributed by atoms with Crippen LogP contribution < -0.4 is 10.6 Å². The summed E-state index contributed by atoms with van der Waals surface area (Å²) in [5, 5.41) is 5.61. The molecule has 0 aliphatic carbocycles. The predicted molar refractivity (Wildman–Crippen MR) is 80.1 cm³/mol. The Morgan fingerprint density at radius 2 is 1.65 bits per heavy atom. The van der Waals surface area contributed by atoms with E-state index in [1.807, 2.05) is 6.07 Å². The Morgan fingerprint density at radius 1 is 0.950 bits per heavy atom. The second-order valence-corrected chi connectivity index (χ2v) is 5.24. The highest BCUT2D eigenvalue weighted by molar-refractivity contribution is 6.21. The molecule has 1 aromatic rings. The van der Waals surface area contributed by atoms with Crippen molar-refractivity contribution in [1.29, 1.82) is 0 Å². The first kappa shape index (κ1) is 14.6. The molecular formula is C16H22N2O2. The normalized spacial score (nSPS) is 13.2. The molecule has 2 rings (SSSR count). The molecule has 108 valence electrons. The summed E-state index contributed by atoms with van der Waals surface area (Å²) in [5.41, 5.74) is 1.85. The Bertz CT molecular complexity index is 497. The Labute approximate surface area is 119 Å². The fraction of sp³-hybridized carbons (Fsp3) is 0.500. The largest absolute Gasteiger partial charge is 0.385 e. The van der Waals surface area contributed by atoms with E-state index in [-0.39, 0.29) is 11.8 Å². The van der Waals surface area contributed by atoms with Gasteiger partial charge in [-0.25, -0.2) is 0 Å². The van der Waals surface area contributed by atoms with Crippen molar-refractivity contribution < 1.29 is 9.59 Å². The molecule has 4 nitrogen and oxygen atoms in total. The predicted octanol–water partition coefficient (Wildman–Crippen LogP) is 3.34. The molecule has 1 aliphatic heterocycles. The molecule has 0 unspecified atom stereocenters. The van der Waals surface area contributed by atoms with Crippen LogP contribution in [0.2, 0.25) is 0 Å². The van der Waals surface area contributed by atoms with Crippen molar-refractivity contribution in [2.24, 2.45) is 0 Å². The molecule has 4 heteroatoms. The number of carbonyl (C=O) groups is 2. The summed E-state index contributed by atoms with van der Waals surface area (Å²) < 4.78 is 0. The van der Waals surface area contributed by atoms with Crippen LogP contribution in [0.3, 0.4) is 0 Å². The number of hydrogen-bond acceptors (Lipinski definition) is 3. The molecule has 0 spiro atoms. The van der Waals surface area contributed by atoms with E-state index in [1.165, 1.54) is 32.1 Å². The molecular weight excluding hydrogens is 252 g/mol.